The van der Waals surface area contributed by atoms with Crippen LogP contribution in [-0.2, 0) is 0 Å². The summed E-state index contributed by atoms with van der Waals surface area (Å²) < 4.78 is 17.9. The molecule has 3 rings (SSSR count). The molecule has 0 aliphatic carbocycles. The zero-order valence-corrected chi connectivity index (χ0v) is 9.40. The van der Waals surface area contributed by atoms with Crippen molar-refractivity contribution in [1.82, 2.24) is 15.4 Å². The Hall–Kier alpha value is -2.50. The Bertz CT molecular complexity index is 774. The van der Waals surface area contributed by atoms with Gasteiger partial charge in [0.2, 0.25) is 0 Å². The SMILES string of the molecule is Cc1onc2c(=O)[nH]nc(-c3ccc(F)cc3)c12. The molecule has 0 saturated carbocycles. The quantitative estimate of drug-likeness (QED) is 0.712. The molecule has 0 fully saturated rings. The van der Waals surface area contributed by atoms with Gasteiger partial charge in [0.1, 0.15) is 17.3 Å². The van der Waals surface area contributed by atoms with Crippen molar-refractivity contribution < 1.29 is 8.91 Å². The highest BCUT2D eigenvalue weighted by Gasteiger charge is 2.15. The number of aryl methyl sites for hydroxylation is 1. The number of nitrogens with zero attached hydrogens (tertiary/aromatic N) is 2. The van der Waals surface area contributed by atoms with E-state index in [-0.39, 0.29) is 11.3 Å². The standard InChI is InChI=1S/C12H8FN3O2/c1-6-9-10(7-2-4-8(13)5-3-7)14-15-12(17)11(9)16-18-6/h2-5H,1H3,(H,15,17). The van der Waals surface area contributed by atoms with Crippen LogP contribution in [-0.4, -0.2) is 15.4 Å². The number of fused-ring (bicyclic) bond motifs is 1. The van der Waals surface area contributed by atoms with Crippen LogP contribution in [0.2, 0.25) is 0 Å². The van der Waals surface area contributed by atoms with Gasteiger partial charge < -0.3 is 4.52 Å². The molecule has 0 unspecified atom stereocenters. The lowest BCUT2D eigenvalue weighted by Crippen LogP contribution is -2.09. The molecule has 1 aromatic carbocycles. The van der Waals surface area contributed by atoms with Gasteiger partial charge in [-0.1, -0.05) is 5.16 Å². The van der Waals surface area contributed by atoms with Gasteiger partial charge in [-0.25, -0.2) is 9.49 Å². The first kappa shape index (κ1) is 10.6. The highest BCUT2D eigenvalue weighted by atomic mass is 19.1. The molecule has 90 valence electrons. The number of aromatic amines is 1. The van der Waals surface area contributed by atoms with E-state index in [0.29, 0.717) is 22.4 Å². The van der Waals surface area contributed by atoms with Crippen LogP contribution in [0.1, 0.15) is 5.76 Å². The lowest BCUT2D eigenvalue weighted by Gasteiger charge is -2.01. The van der Waals surface area contributed by atoms with Gasteiger partial charge in [0.15, 0.2) is 5.52 Å². The van der Waals surface area contributed by atoms with E-state index in [0.717, 1.165) is 0 Å². The van der Waals surface area contributed by atoms with E-state index >= 15 is 0 Å². The predicted octanol–water partition coefficient (Wildman–Crippen LogP) is 2.03. The zero-order chi connectivity index (χ0) is 12.7. The van der Waals surface area contributed by atoms with E-state index in [2.05, 4.69) is 15.4 Å². The Morgan fingerprint density at radius 2 is 2.00 bits per heavy atom. The minimum absolute atomic E-state index is 0.196. The molecule has 3 aromatic rings. The minimum Gasteiger partial charge on any atom is -0.360 e. The number of H-pyrrole nitrogens is 1. The second-order valence-corrected chi connectivity index (χ2v) is 3.87. The monoisotopic (exact) mass is 245 g/mol. The highest BCUT2D eigenvalue weighted by Crippen LogP contribution is 2.26. The van der Waals surface area contributed by atoms with Gasteiger partial charge in [-0.05, 0) is 31.2 Å². The first-order valence-electron chi connectivity index (χ1n) is 5.27. The summed E-state index contributed by atoms with van der Waals surface area (Å²) in [5.74, 6) is 0.171. The van der Waals surface area contributed by atoms with Crippen LogP contribution in [0, 0.1) is 12.7 Å². The van der Waals surface area contributed by atoms with Crippen molar-refractivity contribution in [1.29, 1.82) is 0 Å². The molecular formula is C12H8FN3O2. The molecule has 6 heteroatoms. The molecule has 2 heterocycles. The van der Waals surface area contributed by atoms with E-state index in [1.165, 1.54) is 12.1 Å². The van der Waals surface area contributed by atoms with Crippen molar-refractivity contribution in [2.24, 2.45) is 0 Å². The summed E-state index contributed by atoms with van der Waals surface area (Å²) in [6.07, 6.45) is 0. The number of hydrogen-bond acceptors (Lipinski definition) is 4. The fourth-order valence-electron chi connectivity index (χ4n) is 1.84. The van der Waals surface area contributed by atoms with Gasteiger partial charge in [-0.2, -0.15) is 5.10 Å². The smallest absolute Gasteiger partial charge is 0.294 e. The fourth-order valence-corrected chi connectivity index (χ4v) is 1.84. The summed E-state index contributed by atoms with van der Waals surface area (Å²) in [6, 6.07) is 5.83. The maximum absolute atomic E-state index is 12.9. The maximum Gasteiger partial charge on any atom is 0.294 e. The summed E-state index contributed by atoms with van der Waals surface area (Å²) in [5.41, 5.74) is 0.988. The van der Waals surface area contributed by atoms with Gasteiger partial charge in [0.05, 0.1) is 5.39 Å². The molecular weight excluding hydrogens is 237 g/mol. The second-order valence-electron chi connectivity index (χ2n) is 3.87. The fraction of sp³-hybridized carbons (Fsp3) is 0.0833. The van der Waals surface area contributed by atoms with Crippen LogP contribution in [0.3, 0.4) is 0 Å². The van der Waals surface area contributed by atoms with Crippen molar-refractivity contribution in [2.75, 3.05) is 0 Å². The van der Waals surface area contributed by atoms with Crippen molar-refractivity contribution in [2.45, 2.75) is 6.92 Å². The van der Waals surface area contributed by atoms with Crippen molar-refractivity contribution >= 4 is 10.9 Å². The summed E-state index contributed by atoms with van der Waals surface area (Å²) in [6.45, 7) is 1.70. The Labute approximate surface area is 100 Å². The molecule has 0 amide bonds. The van der Waals surface area contributed by atoms with Crippen LogP contribution >= 0.6 is 0 Å². The number of nitrogens with one attached hydrogen (secondary N) is 1. The van der Waals surface area contributed by atoms with Crippen LogP contribution in [0.25, 0.3) is 22.2 Å². The highest BCUT2D eigenvalue weighted by molar-refractivity contribution is 5.92. The molecule has 0 saturated heterocycles. The van der Waals surface area contributed by atoms with Gasteiger partial charge >= 0.3 is 0 Å². The number of hydrogen-bond donors (Lipinski definition) is 1. The average Bonchev–Trinajstić information content (AvgIpc) is 2.75. The largest absolute Gasteiger partial charge is 0.360 e. The van der Waals surface area contributed by atoms with Crippen LogP contribution in [0.15, 0.2) is 33.6 Å². The maximum atomic E-state index is 12.9. The van der Waals surface area contributed by atoms with E-state index < -0.39 is 5.56 Å². The second kappa shape index (κ2) is 3.76. The zero-order valence-electron chi connectivity index (χ0n) is 9.40. The van der Waals surface area contributed by atoms with E-state index in [1.807, 2.05) is 0 Å². The molecule has 0 spiro atoms. The van der Waals surface area contributed by atoms with E-state index in [4.69, 9.17) is 4.52 Å². The van der Waals surface area contributed by atoms with Gasteiger partial charge in [0.25, 0.3) is 5.56 Å². The number of aromatic nitrogens is 3. The Balaban J connectivity index is 2.36. The summed E-state index contributed by atoms with van der Waals surface area (Å²) in [7, 11) is 0. The number of benzene rings is 1. The lowest BCUT2D eigenvalue weighted by molar-refractivity contribution is 0.405. The topological polar surface area (TPSA) is 71.8 Å². The molecule has 18 heavy (non-hydrogen) atoms. The molecule has 0 radical (unpaired) electrons. The Morgan fingerprint density at radius 1 is 1.28 bits per heavy atom. The average molecular weight is 245 g/mol. The molecule has 0 aliphatic rings. The van der Waals surface area contributed by atoms with Crippen LogP contribution in [0.4, 0.5) is 4.39 Å². The summed E-state index contributed by atoms with van der Waals surface area (Å²) in [4.78, 5) is 11.5. The molecule has 0 atom stereocenters. The minimum atomic E-state index is -0.410. The lowest BCUT2D eigenvalue weighted by atomic mass is 10.1. The van der Waals surface area contributed by atoms with Crippen molar-refractivity contribution in [3.05, 3.63) is 46.2 Å². The van der Waals surface area contributed by atoms with E-state index in [1.54, 1.807) is 19.1 Å². The third kappa shape index (κ3) is 1.50. The normalized spacial score (nSPS) is 11.0. The number of rotatable bonds is 1. The van der Waals surface area contributed by atoms with E-state index in [9.17, 15) is 9.18 Å². The third-order valence-electron chi connectivity index (χ3n) is 2.70. The molecule has 5 nitrogen and oxygen atoms in total. The third-order valence-corrected chi connectivity index (χ3v) is 2.70. The van der Waals surface area contributed by atoms with Gasteiger partial charge in [-0.3, -0.25) is 4.79 Å². The summed E-state index contributed by atoms with van der Waals surface area (Å²) >= 11 is 0. The molecule has 0 aliphatic heterocycles. The van der Waals surface area contributed by atoms with Gasteiger partial charge in [-0.15, -0.1) is 0 Å². The van der Waals surface area contributed by atoms with Crippen molar-refractivity contribution in [3.8, 4) is 11.3 Å². The van der Waals surface area contributed by atoms with Crippen LogP contribution in [0.5, 0.6) is 0 Å². The molecule has 1 N–H and O–H groups in total. The summed E-state index contributed by atoms with van der Waals surface area (Å²) in [5, 5.41) is 10.6. The number of halogens is 1. The first-order chi connectivity index (χ1) is 8.66. The molecule has 0 bridgehead atoms. The Morgan fingerprint density at radius 3 is 2.72 bits per heavy atom. The Kier molecular flexibility index (Phi) is 2.22. The first-order valence-corrected chi connectivity index (χ1v) is 5.27. The predicted molar refractivity (Wildman–Crippen MR) is 62.6 cm³/mol. The molecule has 2 aromatic heterocycles. The van der Waals surface area contributed by atoms with Gasteiger partial charge in [0, 0.05) is 5.56 Å². The van der Waals surface area contributed by atoms with Crippen molar-refractivity contribution in [3.63, 3.8) is 0 Å². The van der Waals surface area contributed by atoms with Crippen LogP contribution < -0.4 is 5.56 Å².